The van der Waals surface area contributed by atoms with Gasteiger partial charge in [0.05, 0.1) is 11.2 Å². The van der Waals surface area contributed by atoms with Gasteiger partial charge in [-0.05, 0) is 40.2 Å². The lowest BCUT2D eigenvalue weighted by molar-refractivity contribution is 0.00578. The van der Waals surface area contributed by atoms with Crippen LogP contribution in [0.15, 0.2) is 6.07 Å². The molecule has 2 heterocycles. The van der Waals surface area contributed by atoms with E-state index in [0.29, 0.717) is 11.6 Å². The fourth-order valence-electron chi connectivity index (χ4n) is 2.45. The molecule has 0 spiro atoms. The number of aromatic amines is 1. The zero-order chi connectivity index (χ0) is 13.8. The Labute approximate surface area is 112 Å². The summed E-state index contributed by atoms with van der Waals surface area (Å²) in [6.45, 7) is 8.03. The van der Waals surface area contributed by atoms with Crippen LogP contribution < -0.4 is 16.2 Å². The van der Waals surface area contributed by atoms with E-state index in [1.165, 1.54) is 0 Å². The number of H-pyrrole nitrogens is 1. The van der Waals surface area contributed by atoms with Crippen molar-refractivity contribution >= 4 is 24.6 Å². The third-order valence-corrected chi connectivity index (χ3v) is 4.38. The Morgan fingerprint density at radius 2 is 1.84 bits per heavy atom. The van der Waals surface area contributed by atoms with Gasteiger partial charge in [-0.1, -0.05) is 6.08 Å². The molecule has 5 heteroatoms. The quantitative estimate of drug-likeness (QED) is 0.766. The molecule has 0 unspecified atom stereocenters. The number of hydrogen-bond acceptors (Lipinski definition) is 2. The van der Waals surface area contributed by atoms with E-state index in [1.54, 1.807) is 0 Å². The van der Waals surface area contributed by atoms with Gasteiger partial charge < -0.3 is 14.3 Å². The first-order valence-electron chi connectivity index (χ1n) is 6.74. The number of halogens is 1. The second-order valence-corrected chi connectivity index (χ2v) is 6.29. The first kappa shape index (κ1) is 12.9. The summed E-state index contributed by atoms with van der Waals surface area (Å²) in [5, 5.41) is 1.49. The minimum atomic E-state index is -0.461. The molecule has 0 radical (unpaired) electrons. The van der Waals surface area contributed by atoms with Crippen LogP contribution in [0.3, 0.4) is 0 Å². The smallest absolute Gasteiger partial charge is 0.398 e. The third kappa shape index (κ3) is 1.96. The molecule has 0 atom stereocenters. The Kier molecular flexibility index (Phi) is 2.70. The van der Waals surface area contributed by atoms with Gasteiger partial charge in [0, 0.05) is 22.6 Å². The lowest BCUT2D eigenvalue weighted by Gasteiger charge is -2.32. The molecule has 0 saturated carbocycles. The van der Waals surface area contributed by atoms with Gasteiger partial charge in [0.25, 0.3) is 0 Å². The Morgan fingerprint density at radius 3 is 2.42 bits per heavy atom. The maximum atomic E-state index is 13.8. The zero-order valence-electron chi connectivity index (χ0n) is 11.8. The second kappa shape index (κ2) is 3.96. The minimum absolute atomic E-state index is 0.0588. The van der Waals surface area contributed by atoms with Gasteiger partial charge in [0.15, 0.2) is 0 Å². The molecule has 19 heavy (non-hydrogen) atoms. The van der Waals surface area contributed by atoms with E-state index < -0.39 is 7.12 Å². The highest BCUT2D eigenvalue weighted by Gasteiger charge is 2.52. The fourth-order valence-corrected chi connectivity index (χ4v) is 2.45. The maximum Gasteiger partial charge on any atom is 0.512 e. The molecule has 0 aromatic carbocycles. The monoisotopic (exact) mass is 263 g/mol. The van der Waals surface area contributed by atoms with Gasteiger partial charge in [-0.3, -0.25) is 0 Å². The average molecular weight is 263 g/mol. The average Bonchev–Trinajstić information content (AvgIpc) is 2.80. The molecule has 2 aliphatic rings. The Bertz CT molecular complexity index is 616. The topological polar surface area (TPSA) is 34.2 Å². The molecule has 1 aliphatic heterocycles. The molecule has 1 N–H and O–H groups in total. The van der Waals surface area contributed by atoms with Crippen LogP contribution in [-0.4, -0.2) is 23.3 Å². The van der Waals surface area contributed by atoms with Crippen molar-refractivity contribution in [3.63, 3.8) is 0 Å². The summed E-state index contributed by atoms with van der Waals surface area (Å²) < 4.78 is 25.7. The Hall–Kier alpha value is -1.07. The van der Waals surface area contributed by atoms with Crippen LogP contribution >= 0.6 is 0 Å². The third-order valence-electron chi connectivity index (χ3n) is 4.38. The van der Waals surface area contributed by atoms with Crippen molar-refractivity contribution < 1.29 is 13.7 Å². The van der Waals surface area contributed by atoms with E-state index >= 15 is 0 Å². The van der Waals surface area contributed by atoms with Crippen LogP contribution in [0.2, 0.25) is 0 Å². The largest absolute Gasteiger partial charge is 0.512 e. The van der Waals surface area contributed by atoms with Crippen LogP contribution in [0.4, 0.5) is 4.39 Å². The SMILES string of the molecule is CC1(C)OB(c2cc3c([nH]2)=CCCC=3F)OC1(C)C. The van der Waals surface area contributed by atoms with E-state index in [0.717, 1.165) is 17.4 Å². The number of rotatable bonds is 1. The summed E-state index contributed by atoms with van der Waals surface area (Å²) in [5.41, 5.74) is 0.0294. The van der Waals surface area contributed by atoms with Crippen LogP contribution in [-0.2, 0) is 9.31 Å². The van der Waals surface area contributed by atoms with Crippen molar-refractivity contribution in [1.29, 1.82) is 0 Å². The number of fused-ring (bicyclic) bond motifs is 1. The van der Waals surface area contributed by atoms with E-state index in [9.17, 15) is 4.39 Å². The molecular weight excluding hydrogens is 244 g/mol. The molecule has 102 valence electrons. The number of hydrogen-bond donors (Lipinski definition) is 1. The lowest BCUT2D eigenvalue weighted by atomic mass is 9.85. The molecule has 0 bridgehead atoms. The summed E-state index contributed by atoms with van der Waals surface area (Å²) in [5.74, 6) is -0.0588. The maximum absolute atomic E-state index is 13.8. The van der Waals surface area contributed by atoms with Gasteiger partial charge in [-0.25, -0.2) is 4.39 Å². The summed E-state index contributed by atoms with van der Waals surface area (Å²) in [6, 6.07) is 1.81. The molecule has 1 saturated heterocycles. The van der Waals surface area contributed by atoms with E-state index in [2.05, 4.69) is 4.98 Å². The normalized spacial score (nSPS) is 24.3. The van der Waals surface area contributed by atoms with Crippen molar-refractivity contribution in [3.05, 3.63) is 16.6 Å². The van der Waals surface area contributed by atoms with Crippen molar-refractivity contribution in [2.24, 2.45) is 0 Å². The lowest BCUT2D eigenvalue weighted by Crippen LogP contribution is -2.41. The van der Waals surface area contributed by atoms with Crippen LogP contribution in [0, 0.1) is 0 Å². The van der Waals surface area contributed by atoms with Gasteiger partial charge in [-0.15, -0.1) is 0 Å². The van der Waals surface area contributed by atoms with Gasteiger partial charge in [0.2, 0.25) is 0 Å². The van der Waals surface area contributed by atoms with E-state index in [4.69, 9.17) is 9.31 Å². The minimum Gasteiger partial charge on any atom is -0.398 e. The first-order chi connectivity index (χ1) is 8.80. The van der Waals surface area contributed by atoms with Crippen molar-refractivity contribution in [2.45, 2.75) is 51.7 Å². The van der Waals surface area contributed by atoms with Crippen molar-refractivity contribution in [2.75, 3.05) is 0 Å². The van der Waals surface area contributed by atoms with Crippen molar-refractivity contribution in [3.8, 4) is 0 Å². The Balaban J connectivity index is 2.01. The molecule has 0 amide bonds. The highest BCUT2D eigenvalue weighted by molar-refractivity contribution is 6.61. The molecule has 1 aromatic heterocycles. The van der Waals surface area contributed by atoms with Crippen LogP contribution in [0.25, 0.3) is 11.9 Å². The first-order valence-corrected chi connectivity index (χ1v) is 6.74. The molecule has 1 aromatic rings. The summed E-state index contributed by atoms with van der Waals surface area (Å²) in [7, 11) is -0.461. The molecule has 3 rings (SSSR count). The van der Waals surface area contributed by atoms with Crippen LogP contribution in [0.1, 0.15) is 40.5 Å². The van der Waals surface area contributed by atoms with Crippen LogP contribution in [0.5, 0.6) is 0 Å². The Morgan fingerprint density at radius 1 is 1.21 bits per heavy atom. The predicted octanol–water partition coefficient (Wildman–Crippen LogP) is 0.966. The fraction of sp³-hybridized carbons (Fsp3) is 0.571. The highest BCUT2D eigenvalue weighted by Crippen LogP contribution is 2.36. The van der Waals surface area contributed by atoms with E-state index in [1.807, 2.05) is 39.8 Å². The molecule has 1 fully saturated rings. The summed E-state index contributed by atoms with van der Waals surface area (Å²) in [6.07, 6.45) is 3.24. The molecule has 3 nitrogen and oxygen atoms in total. The number of nitrogens with one attached hydrogen (secondary N) is 1. The summed E-state index contributed by atoms with van der Waals surface area (Å²) >= 11 is 0. The van der Waals surface area contributed by atoms with Gasteiger partial charge >= 0.3 is 7.12 Å². The summed E-state index contributed by atoms with van der Waals surface area (Å²) in [4.78, 5) is 3.22. The van der Waals surface area contributed by atoms with Crippen molar-refractivity contribution in [1.82, 2.24) is 4.98 Å². The molecule has 1 aliphatic carbocycles. The molecular formula is C14H19BFNO2. The van der Waals surface area contributed by atoms with Gasteiger partial charge in [0.1, 0.15) is 5.83 Å². The van der Waals surface area contributed by atoms with Gasteiger partial charge in [-0.2, -0.15) is 0 Å². The second-order valence-electron chi connectivity index (χ2n) is 6.29. The zero-order valence-corrected chi connectivity index (χ0v) is 11.8. The predicted molar refractivity (Wildman–Crippen MR) is 74.0 cm³/mol. The van der Waals surface area contributed by atoms with E-state index in [-0.39, 0.29) is 17.0 Å². The number of aromatic nitrogens is 1. The standard InChI is InChI=1S/C14H19BFNO2/c1-13(2)14(3,4)19-15(18-13)12-8-9-10(16)6-5-7-11(9)17-12/h7-8,17H,5-6H2,1-4H3. The highest BCUT2D eigenvalue weighted by atomic mass is 19.1.